The first-order valence-electron chi connectivity index (χ1n) is 14.3. The Labute approximate surface area is 211 Å². The second kappa shape index (κ2) is 9.05. The minimum absolute atomic E-state index is 0.0153. The van der Waals surface area contributed by atoms with Crippen molar-refractivity contribution < 1.29 is 14.0 Å². The summed E-state index contributed by atoms with van der Waals surface area (Å²) in [5.74, 6) is 3.51. The monoisotopic (exact) mass is 488 g/mol. The van der Waals surface area contributed by atoms with Gasteiger partial charge in [-0.05, 0) is 110 Å². The fraction of sp³-hybridized carbons (Fsp3) is 0.900. The van der Waals surface area contributed by atoms with E-state index in [-0.39, 0.29) is 16.4 Å². The third-order valence-corrected chi connectivity index (χ3v) is 16.1. The first-order valence-corrected chi connectivity index (χ1v) is 17.2. The van der Waals surface area contributed by atoms with Crippen LogP contribution >= 0.6 is 0 Å². The highest BCUT2D eigenvalue weighted by atomic mass is 28.4. The molecule has 0 radical (unpaired) electrons. The van der Waals surface area contributed by atoms with E-state index < -0.39 is 8.32 Å². The van der Waals surface area contributed by atoms with Crippen LogP contribution in [-0.2, 0) is 14.0 Å². The van der Waals surface area contributed by atoms with Gasteiger partial charge in [0, 0.05) is 12.5 Å². The van der Waals surface area contributed by atoms with Gasteiger partial charge in [0.05, 0.1) is 6.61 Å². The second-order valence-electron chi connectivity index (χ2n) is 14.4. The zero-order chi connectivity index (χ0) is 25.1. The van der Waals surface area contributed by atoms with Crippen molar-refractivity contribution >= 4 is 14.3 Å². The van der Waals surface area contributed by atoms with Gasteiger partial charge < -0.3 is 9.16 Å². The topological polar surface area (TPSA) is 35.5 Å². The van der Waals surface area contributed by atoms with Crippen molar-refractivity contribution in [2.24, 2.45) is 40.4 Å². The molecular formula is C30H52O3Si. The van der Waals surface area contributed by atoms with E-state index in [0.29, 0.717) is 36.4 Å². The molecule has 0 N–H and O–H groups in total. The van der Waals surface area contributed by atoms with Gasteiger partial charge in [-0.1, -0.05) is 53.2 Å². The Balaban J connectivity index is 1.52. The van der Waals surface area contributed by atoms with Crippen molar-refractivity contribution in [3.63, 3.8) is 0 Å². The molecule has 8 atom stereocenters. The first kappa shape index (κ1) is 26.4. The molecule has 0 aromatic heterocycles. The average molecular weight is 489 g/mol. The molecular weight excluding hydrogens is 436 g/mol. The largest absolute Gasteiger partial charge is 0.466 e. The van der Waals surface area contributed by atoms with Crippen LogP contribution in [0, 0.1) is 40.4 Å². The van der Waals surface area contributed by atoms with E-state index >= 15 is 0 Å². The second-order valence-corrected chi connectivity index (χ2v) is 19.1. The van der Waals surface area contributed by atoms with E-state index in [1.807, 2.05) is 6.92 Å². The summed E-state index contributed by atoms with van der Waals surface area (Å²) in [5, 5.41) is 0.270. The van der Waals surface area contributed by atoms with E-state index in [2.05, 4.69) is 60.7 Å². The molecule has 3 saturated carbocycles. The Morgan fingerprint density at radius 3 is 2.53 bits per heavy atom. The number of ether oxygens (including phenoxy) is 1. The summed E-state index contributed by atoms with van der Waals surface area (Å²) < 4.78 is 12.3. The highest BCUT2D eigenvalue weighted by Crippen LogP contribution is 2.68. The van der Waals surface area contributed by atoms with Crippen molar-refractivity contribution in [1.29, 1.82) is 0 Å². The van der Waals surface area contributed by atoms with E-state index in [1.165, 1.54) is 38.5 Å². The molecule has 0 aromatic rings. The van der Waals surface area contributed by atoms with Crippen LogP contribution in [0.4, 0.5) is 0 Å². The number of hydrogen-bond acceptors (Lipinski definition) is 3. The molecule has 4 rings (SSSR count). The van der Waals surface area contributed by atoms with Crippen molar-refractivity contribution in [3.05, 3.63) is 11.6 Å². The fourth-order valence-electron chi connectivity index (χ4n) is 8.75. The maximum absolute atomic E-state index is 12.4. The lowest BCUT2D eigenvalue weighted by Gasteiger charge is -2.59. The van der Waals surface area contributed by atoms with Crippen LogP contribution in [0.25, 0.3) is 0 Å². The molecule has 34 heavy (non-hydrogen) atoms. The summed E-state index contributed by atoms with van der Waals surface area (Å²) in [4.78, 5) is 12.4. The molecule has 194 valence electrons. The Hall–Kier alpha value is -0.613. The third kappa shape index (κ3) is 4.38. The van der Waals surface area contributed by atoms with E-state index in [0.717, 1.165) is 24.2 Å². The van der Waals surface area contributed by atoms with E-state index in [9.17, 15) is 4.79 Å². The van der Waals surface area contributed by atoms with E-state index in [4.69, 9.17) is 9.16 Å². The van der Waals surface area contributed by atoms with Crippen LogP contribution < -0.4 is 0 Å². The number of hydrogen-bond donors (Lipinski definition) is 0. The van der Waals surface area contributed by atoms with Crippen LogP contribution in [0.2, 0.25) is 18.1 Å². The summed E-state index contributed by atoms with van der Waals surface area (Å²) in [7, 11) is -1.74. The number of allylic oxidation sites excluding steroid dienone is 1. The van der Waals surface area contributed by atoms with Crippen molar-refractivity contribution in [1.82, 2.24) is 0 Å². The summed E-state index contributed by atoms with van der Waals surface area (Å²) in [6.07, 6.45) is 12.4. The number of rotatable bonds is 5. The maximum Gasteiger partial charge on any atom is 0.306 e. The number of esters is 1. The van der Waals surface area contributed by atoms with Gasteiger partial charge in [-0.15, -0.1) is 0 Å². The minimum atomic E-state index is -1.74. The Morgan fingerprint density at radius 2 is 1.88 bits per heavy atom. The summed E-state index contributed by atoms with van der Waals surface area (Å²) in [6, 6.07) is 0. The Bertz CT molecular complexity index is 810. The molecule has 0 spiro atoms. The number of carbonyl (C=O) groups excluding carboxylic acids is 1. The molecule has 0 aliphatic heterocycles. The molecule has 0 amide bonds. The standard InChI is InChI=1S/C30H52O3Si/c1-10-32-26(31)19-22-17-20(2)27-24-12-11-21-18-23(33-34(8,9)28(3,4)5)13-15-29(21,6)25(24)14-16-30(22,27)7/h11,20,22-25,27H,10,12-19H2,1-9H3/t20-,22+,23-,24+,25-,27-,29-,30+/m0/s1. The summed E-state index contributed by atoms with van der Waals surface area (Å²) >= 11 is 0. The SMILES string of the molecule is CCOC(=O)C[C@H]1C[C@H](C)[C@H]2[C@@H]3CC=C4C[C@@H](O[Si](C)(C)C(C)(C)C)CC[C@]4(C)[C@H]3CC[C@]12C. The zero-order valence-electron chi connectivity index (χ0n) is 23.6. The molecule has 4 aliphatic carbocycles. The van der Waals surface area contributed by atoms with Gasteiger partial charge in [0.25, 0.3) is 0 Å². The van der Waals surface area contributed by atoms with E-state index in [1.54, 1.807) is 5.57 Å². The highest BCUT2D eigenvalue weighted by Gasteiger charge is 2.61. The van der Waals surface area contributed by atoms with Gasteiger partial charge in [0.15, 0.2) is 8.32 Å². The van der Waals surface area contributed by atoms with Crippen molar-refractivity contribution in [2.45, 2.75) is 124 Å². The Kier molecular flexibility index (Phi) is 7.04. The fourth-order valence-corrected chi connectivity index (χ4v) is 10.1. The van der Waals surface area contributed by atoms with Gasteiger partial charge >= 0.3 is 5.97 Å². The summed E-state index contributed by atoms with van der Waals surface area (Å²) in [5.41, 5.74) is 2.34. The number of fused-ring (bicyclic) bond motifs is 5. The smallest absolute Gasteiger partial charge is 0.306 e. The number of carbonyl (C=O) groups is 1. The minimum Gasteiger partial charge on any atom is -0.466 e. The zero-order valence-corrected chi connectivity index (χ0v) is 24.6. The predicted molar refractivity (Wildman–Crippen MR) is 143 cm³/mol. The third-order valence-electron chi connectivity index (χ3n) is 11.5. The van der Waals surface area contributed by atoms with Gasteiger partial charge in [0.1, 0.15) is 0 Å². The molecule has 0 aromatic carbocycles. The molecule has 4 aliphatic rings. The van der Waals surface area contributed by atoms with Crippen LogP contribution in [0.5, 0.6) is 0 Å². The van der Waals surface area contributed by atoms with Crippen LogP contribution in [-0.4, -0.2) is 27.0 Å². The van der Waals surface area contributed by atoms with Gasteiger partial charge in [-0.25, -0.2) is 0 Å². The predicted octanol–water partition coefficient (Wildman–Crippen LogP) is 8.16. The van der Waals surface area contributed by atoms with Crippen LogP contribution in [0.1, 0.15) is 99.8 Å². The molecule has 0 bridgehead atoms. The molecule has 0 saturated heterocycles. The van der Waals surface area contributed by atoms with Gasteiger partial charge in [0.2, 0.25) is 0 Å². The maximum atomic E-state index is 12.4. The summed E-state index contributed by atoms with van der Waals surface area (Å²) in [6.45, 7) is 21.9. The molecule has 0 heterocycles. The highest BCUT2D eigenvalue weighted by molar-refractivity contribution is 6.74. The van der Waals surface area contributed by atoms with Crippen molar-refractivity contribution in [3.8, 4) is 0 Å². The van der Waals surface area contributed by atoms with Crippen molar-refractivity contribution in [2.75, 3.05) is 6.61 Å². The van der Waals surface area contributed by atoms with Gasteiger partial charge in [-0.3, -0.25) is 4.79 Å². The first-order chi connectivity index (χ1) is 15.7. The molecule has 0 unspecified atom stereocenters. The van der Waals surface area contributed by atoms with Gasteiger partial charge in [-0.2, -0.15) is 0 Å². The quantitative estimate of drug-likeness (QED) is 0.222. The lowest BCUT2D eigenvalue weighted by molar-refractivity contribution is -0.146. The average Bonchev–Trinajstić information content (AvgIpc) is 2.97. The lowest BCUT2D eigenvalue weighted by Crippen LogP contribution is -2.52. The normalized spacial score (nSPS) is 42.3. The molecule has 4 heteroatoms. The molecule has 3 nitrogen and oxygen atoms in total. The van der Waals surface area contributed by atoms with Crippen LogP contribution in [0.3, 0.4) is 0 Å². The lowest BCUT2D eigenvalue weighted by atomic mass is 9.46. The Morgan fingerprint density at radius 1 is 1.18 bits per heavy atom. The van der Waals surface area contributed by atoms with Crippen LogP contribution in [0.15, 0.2) is 11.6 Å². The molecule has 3 fully saturated rings.